The standard InChI is InChI=1S/C22H29N5O/c1-21(2,3)16-22(4,5)23-15-17-11-13-19(14-12-17)28-20-24-25-26-27(20)18-9-7-6-8-10-18/h6-14,23H,15-16H2,1-5H3. The molecule has 2 aromatic carbocycles. The van der Waals surface area contributed by atoms with Crippen LogP contribution in [0.4, 0.5) is 0 Å². The fraction of sp³-hybridized carbons (Fsp3) is 0.409. The summed E-state index contributed by atoms with van der Waals surface area (Å²) in [7, 11) is 0. The van der Waals surface area contributed by atoms with Crippen LogP contribution in [-0.4, -0.2) is 25.7 Å². The molecule has 0 fully saturated rings. The minimum Gasteiger partial charge on any atom is -0.423 e. The minimum atomic E-state index is 0.0746. The summed E-state index contributed by atoms with van der Waals surface area (Å²) in [6, 6.07) is 18.0. The van der Waals surface area contributed by atoms with E-state index in [1.807, 2.05) is 42.5 Å². The Labute approximate surface area is 166 Å². The Balaban J connectivity index is 1.62. The second kappa shape index (κ2) is 8.10. The molecule has 6 heteroatoms. The number of para-hydroxylation sites is 1. The molecular formula is C22H29N5O. The molecule has 6 nitrogen and oxygen atoms in total. The molecule has 0 atom stereocenters. The van der Waals surface area contributed by atoms with E-state index < -0.39 is 0 Å². The molecule has 1 aromatic heterocycles. The van der Waals surface area contributed by atoms with Crippen LogP contribution in [0.5, 0.6) is 11.8 Å². The van der Waals surface area contributed by atoms with Gasteiger partial charge in [0.15, 0.2) is 0 Å². The van der Waals surface area contributed by atoms with Gasteiger partial charge in [0.2, 0.25) is 0 Å². The lowest BCUT2D eigenvalue weighted by molar-refractivity contribution is 0.240. The van der Waals surface area contributed by atoms with Crippen molar-refractivity contribution in [1.29, 1.82) is 0 Å². The van der Waals surface area contributed by atoms with Gasteiger partial charge in [0.1, 0.15) is 5.75 Å². The summed E-state index contributed by atoms with van der Waals surface area (Å²) in [5.74, 6) is 0.699. The molecule has 0 unspecified atom stereocenters. The predicted molar refractivity (Wildman–Crippen MR) is 111 cm³/mol. The quantitative estimate of drug-likeness (QED) is 0.641. The zero-order valence-electron chi connectivity index (χ0n) is 17.3. The van der Waals surface area contributed by atoms with Gasteiger partial charge in [-0.25, -0.2) is 0 Å². The highest BCUT2D eigenvalue weighted by Crippen LogP contribution is 2.27. The Morgan fingerprint density at radius 1 is 0.929 bits per heavy atom. The molecule has 0 amide bonds. The molecule has 0 bridgehead atoms. The highest BCUT2D eigenvalue weighted by molar-refractivity contribution is 5.34. The smallest absolute Gasteiger partial charge is 0.345 e. The summed E-state index contributed by atoms with van der Waals surface area (Å²) in [4.78, 5) is 0. The summed E-state index contributed by atoms with van der Waals surface area (Å²) < 4.78 is 7.45. The number of aromatic nitrogens is 4. The van der Waals surface area contributed by atoms with E-state index in [-0.39, 0.29) is 11.0 Å². The lowest BCUT2D eigenvalue weighted by Gasteiger charge is -2.33. The van der Waals surface area contributed by atoms with Crippen LogP contribution >= 0.6 is 0 Å². The van der Waals surface area contributed by atoms with Crippen molar-refractivity contribution in [2.24, 2.45) is 5.41 Å². The molecule has 1 N–H and O–H groups in total. The number of hydrogen-bond acceptors (Lipinski definition) is 5. The van der Waals surface area contributed by atoms with Crippen molar-refractivity contribution in [3.63, 3.8) is 0 Å². The van der Waals surface area contributed by atoms with Crippen molar-refractivity contribution in [2.75, 3.05) is 0 Å². The molecule has 0 aliphatic rings. The maximum absolute atomic E-state index is 5.88. The predicted octanol–water partition coefficient (Wildman–Crippen LogP) is 4.76. The third-order valence-electron chi connectivity index (χ3n) is 4.32. The first kappa shape index (κ1) is 20.0. The summed E-state index contributed by atoms with van der Waals surface area (Å²) >= 11 is 0. The van der Waals surface area contributed by atoms with Gasteiger partial charge in [-0.1, -0.05) is 56.2 Å². The topological polar surface area (TPSA) is 64.9 Å². The maximum Gasteiger partial charge on any atom is 0.345 e. The van der Waals surface area contributed by atoms with Crippen LogP contribution in [-0.2, 0) is 6.54 Å². The van der Waals surface area contributed by atoms with Crippen LogP contribution in [0.2, 0.25) is 0 Å². The van der Waals surface area contributed by atoms with Crippen molar-refractivity contribution in [3.05, 3.63) is 60.2 Å². The molecule has 0 aliphatic carbocycles. The van der Waals surface area contributed by atoms with Crippen LogP contribution < -0.4 is 10.1 Å². The highest BCUT2D eigenvalue weighted by atomic mass is 16.5. The molecule has 28 heavy (non-hydrogen) atoms. The third-order valence-corrected chi connectivity index (χ3v) is 4.32. The van der Waals surface area contributed by atoms with E-state index >= 15 is 0 Å². The first-order valence-corrected chi connectivity index (χ1v) is 9.58. The van der Waals surface area contributed by atoms with Gasteiger partial charge in [-0.05, 0) is 65.9 Å². The first-order chi connectivity index (χ1) is 13.2. The summed E-state index contributed by atoms with van der Waals surface area (Å²) in [6.45, 7) is 12.1. The van der Waals surface area contributed by atoms with Crippen molar-refractivity contribution in [2.45, 2.75) is 53.1 Å². The van der Waals surface area contributed by atoms with E-state index in [9.17, 15) is 0 Å². The van der Waals surface area contributed by atoms with Gasteiger partial charge >= 0.3 is 6.01 Å². The monoisotopic (exact) mass is 379 g/mol. The van der Waals surface area contributed by atoms with E-state index in [0.717, 1.165) is 18.7 Å². The molecule has 0 radical (unpaired) electrons. The van der Waals surface area contributed by atoms with Gasteiger partial charge in [-0.3, -0.25) is 0 Å². The molecule has 1 heterocycles. The maximum atomic E-state index is 5.88. The largest absolute Gasteiger partial charge is 0.423 e. The van der Waals surface area contributed by atoms with E-state index in [0.29, 0.717) is 11.8 Å². The van der Waals surface area contributed by atoms with Crippen LogP contribution in [0.15, 0.2) is 54.6 Å². The molecule has 0 saturated carbocycles. The zero-order valence-corrected chi connectivity index (χ0v) is 17.3. The molecule has 3 rings (SSSR count). The van der Waals surface area contributed by atoms with Gasteiger partial charge in [-0.2, -0.15) is 4.68 Å². The zero-order chi connectivity index (χ0) is 20.2. The Morgan fingerprint density at radius 3 is 2.25 bits per heavy atom. The number of nitrogens with zero attached hydrogens (tertiary/aromatic N) is 4. The van der Waals surface area contributed by atoms with Crippen LogP contribution in [0.3, 0.4) is 0 Å². The number of nitrogens with one attached hydrogen (secondary N) is 1. The van der Waals surface area contributed by atoms with Crippen molar-refractivity contribution < 1.29 is 4.74 Å². The fourth-order valence-electron chi connectivity index (χ4n) is 3.48. The summed E-state index contributed by atoms with van der Waals surface area (Å²) in [6.07, 6.45) is 1.10. The van der Waals surface area contributed by atoms with Crippen molar-refractivity contribution in [1.82, 2.24) is 25.5 Å². The first-order valence-electron chi connectivity index (χ1n) is 9.58. The second-order valence-corrected chi connectivity index (χ2v) is 8.93. The molecule has 148 valence electrons. The van der Waals surface area contributed by atoms with Crippen LogP contribution in [0.1, 0.15) is 46.6 Å². The molecule has 3 aromatic rings. The normalized spacial score (nSPS) is 12.2. The summed E-state index contributed by atoms with van der Waals surface area (Å²) in [5, 5.41) is 15.4. The highest BCUT2D eigenvalue weighted by Gasteiger charge is 2.24. The van der Waals surface area contributed by atoms with Crippen LogP contribution in [0, 0.1) is 5.41 Å². The number of ether oxygens (including phenoxy) is 1. The van der Waals surface area contributed by atoms with E-state index in [1.165, 1.54) is 5.56 Å². The van der Waals surface area contributed by atoms with Gasteiger partial charge in [0, 0.05) is 12.1 Å². The van der Waals surface area contributed by atoms with Gasteiger partial charge in [0.05, 0.1) is 5.69 Å². The molecule has 0 saturated heterocycles. The second-order valence-electron chi connectivity index (χ2n) is 8.93. The minimum absolute atomic E-state index is 0.0746. The molecule has 0 spiro atoms. The Kier molecular flexibility index (Phi) is 5.79. The van der Waals surface area contributed by atoms with E-state index in [2.05, 4.69) is 67.6 Å². The Bertz CT molecular complexity index is 879. The lowest BCUT2D eigenvalue weighted by atomic mass is 9.82. The lowest BCUT2D eigenvalue weighted by Crippen LogP contribution is -2.41. The van der Waals surface area contributed by atoms with E-state index in [4.69, 9.17) is 4.74 Å². The number of hydrogen-bond donors (Lipinski definition) is 1. The Hall–Kier alpha value is -2.73. The average molecular weight is 380 g/mol. The summed E-state index contributed by atoms with van der Waals surface area (Å²) in [5.41, 5.74) is 2.42. The van der Waals surface area contributed by atoms with Gasteiger partial charge in [-0.15, -0.1) is 0 Å². The number of rotatable bonds is 7. The van der Waals surface area contributed by atoms with Gasteiger partial charge in [0.25, 0.3) is 0 Å². The SMILES string of the molecule is CC(C)(C)CC(C)(C)NCc1ccc(Oc2nnnn2-c2ccccc2)cc1. The fourth-order valence-corrected chi connectivity index (χ4v) is 3.48. The van der Waals surface area contributed by atoms with Gasteiger partial charge < -0.3 is 10.1 Å². The third kappa shape index (κ3) is 5.63. The van der Waals surface area contributed by atoms with Crippen molar-refractivity contribution >= 4 is 0 Å². The number of benzene rings is 2. The molecular weight excluding hydrogens is 350 g/mol. The van der Waals surface area contributed by atoms with E-state index in [1.54, 1.807) is 4.68 Å². The average Bonchev–Trinajstić information content (AvgIpc) is 3.08. The number of tetrazole rings is 1. The van der Waals surface area contributed by atoms with Crippen molar-refractivity contribution in [3.8, 4) is 17.4 Å². The van der Waals surface area contributed by atoms with Crippen LogP contribution in [0.25, 0.3) is 5.69 Å². The molecule has 0 aliphatic heterocycles. The Morgan fingerprint density at radius 2 is 1.61 bits per heavy atom.